The Hall–Kier alpha value is -0.470. The molecule has 0 radical (unpaired) electrons. The standard InChI is InChI=1S/C13H15ClOS/c14-12-7-4-8-13(11(12)9-15)16-10-5-2-1-3-6-10/h4,7-10H,1-3,5-6H2. The van der Waals surface area contributed by atoms with Gasteiger partial charge >= 0.3 is 0 Å². The Labute approximate surface area is 106 Å². The smallest absolute Gasteiger partial charge is 0.152 e. The number of rotatable bonds is 3. The highest BCUT2D eigenvalue weighted by molar-refractivity contribution is 8.00. The zero-order valence-corrected chi connectivity index (χ0v) is 10.7. The summed E-state index contributed by atoms with van der Waals surface area (Å²) in [6.45, 7) is 0. The quantitative estimate of drug-likeness (QED) is 0.735. The summed E-state index contributed by atoms with van der Waals surface area (Å²) in [6, 6.07) is 5.69. The predicted molar refractivity (Wildman–Crippen MR) is 69.6 cm³/mol. The fourth-order valence-corrected chi connectivity index (χ4v) is 3.74. The van der Waals surface area contributed by atoms with Crippen LogP contribution in [0.25, 0.3) is 0 Å². The first-order valence-electron chi connectivity index (χ1n) is 5.71. The average molecular weight is 255 g/mol. The van der Waals surface area contributed by atoms with Crippen LogP contribution in [-0.2, 0) is 0 Å². The number of aldehydes is 1. The van der Waals surface area contributed by atoms with Crippen molar-refractivity contribution in [2.45, 2.75) is 42.2 Å². The summed E-state index contributed by atoms with van der Waals surface area (Å²) in [7, 11) is 0. The van der Waals surface area contributed by atoms with Gasteiger partial charge in [0.05, 0.1) is 5.02 Å². The zero-order valence-electron chi connectivity index (χ0n) is 9.12. The highest BCUT2D eigenvalue weighted by atomic mass is 35.5. The fraction of sp³-hybridized carbons (Fsp3) is 0.462. The van der Waals surface area contributed by atoms with E-state index in [0.29, 0.717) is 15.8 Å². The van der Waals surface area contributed by atoms with Crippen molar-refractivity contribution in [2.75, 3.05) is 0 Å². The lowest BCUT2D eigenvalue weighted by Gasteiger charge is -2.21. The molecule has 0 aliphatic heterocycles. The van der Waals surface area contributed by atoms with Crippen LogP contribution in [0.15, 0.2) is 23.1 Å². The molecule has 16 heavy (non-hydrogen) atoms. The van der Waals surface area contributed by atoms with Gasteiger partial charge in [0.15, 0.2) is 6.29 Å². The van der Waals surface area contributed by atoms with Gasteiger partial charge < -0.3 is 0 Å². The average Bonchev–Trinajstić information content (AvgIpc) is 2.31. The van der Waals surface area contributed by atoms with E-state index in [2.05, 4.69) is 0 Å². The Morgan fingerprint density at radius 1 is 1.25 bits per heavy atom. The first-order chi connectivity index (χ1) is 7.81. The first kappa shape index (κ1) is 12.0. The maximum Gasteiger partial charge on any atom is 0.152 e. The molecule has 1 aromatic carbocycles. The maximum atomic E-state index is 11.0. The summed E-state index contributed by atoms with van der Waals surface area (Å²) < 4.78 is 0. The summed E-state index contributed by atoms with van der Waals surface area (Å²) in [5, 5.41) is 1.22. The first-order valence-corrected chi connectivity index (χ1v) is 6.97. The van der Waals surface area contributed by atoms with Crippen molar-refractivity contribution in [1.29, 1.82) is 0 Å². The van der Waals surface area contributed by atoms with E-state index >= 15 is 0 Å². The molecule has 1 fully saturated rings. The Morgan fingerprint density at radius 3 is 2.69 bits per heavy atom. The molecule has 0 aromatic heterocycles. The Kier molecular flexibility index (Phi) is 4.30. The number of thioether (sulfide) groups is 1. The molecule has 0 atom stereocenters. The van der Waals surface area contributed by atoms with E-state index < -0.39 is 0 Å². The van der Waals surface area contributed by atoms with Crippen LogP contribution in [0.3, 0.4) is 0 Å². The second kappa shape index (κ2) is 5.74. The number of hydrogen-bond acceptors (Lipinski definition) is 2. The van der Waals surface area contributed by atoms with Crippen molar-refractivity contribution in [1.82, 2.24) is 0 Å². The number of carbonyl (C=O) groups is 1. The van der Waals surface area contributed by atoms with Gasteiger partial charge in [-0.25, -0.2) is 0 Å². The molecule has 0 heterocycles. The molecule has 1 aliphatic rings. The molecule has 0 saturated heterocycles. The molecule has 0 spiro atoms. The topological polar surface area (TPSA) is 17.1 Å². The van der Waals surface area contributed by atoms with Crippen LogP contribution in [0.4, 0.5) is 0 Å². The van der Waals surface area contributed by atoms with E-state index in [0.717, 1.165) is 11.2 Å². The largest absolute Gasteiger partial charge is 0.298 e. The van der Waals surface area contributed by atoms with Crippen LogP contribution in [0.1, 0.15) is 42.5 Å². The third kappa shape index (κ3) is 2.80. The summed E-state index contributed by atoms with van der Waals surface area (Å²) in [4.78, 5) is 12.0. The number of hydrogen-bond donors (Lipinski definition) is 0. The number of benzene rings is 1. The van der Waals surface area contributed by atoms with Gasteiger partial charge in [-0.1, -0.05) is 36.9 Å². The van der Waals surface area contributed by atoms with Gasteiger partial charge in [-0.3, -0.25) is 4.79 Å². The summed E-state index contributed by atoms with van der Waals surface area (Å²) in [5.74, 6) is 0. The molecule has 1 saturated carbocycles. The molecule has 0 unspecified atom stereocenters. The monoisotopic (exact) mass is 254 g/mol. The molecule has 2 rings (SSSR count). The molecule has 0 bridgehead atoms. The number of halogens is 1. The molecule has 1 aliphatic carbocycles. The SMILES string of the molecule is O=Cc1c(Cl)cccc1SC1CCCCC1. The lowest BCUT2D eigenvalue weighted by atomic mass is 10.0. The van der Waals surface area contributed by atoms with Gasteiger partial charge in [-0.2, -0.15) is 0 Å². The highest BCUT2D eigenvalue weighted by Gasteiger charge is 2.16. The summed E-state index contributed by atoms with van der Waals surface area (Å²) in [6.07, 6.45) is 7.37. The number of carbonyl (C=O) groups excluding carboxylic acids is 1. The van der Waals surface area contributed by atoms with E-state index in [1.807, 2.05) is 23.9 Å². The Bertz CT molecular complexity index is 372. The molecule has 0 N–H and O–H groups in total. The van der Waals surface area contributed by atoms with Gasteiger partial charge in [0.2, 0.25) is 0 Å². The van der Waals surface area contributed by atoms with Crippen molar-refractivity contribution >= 4 is 29.6 Å². The molecule has 86 valence electrons. The van der Waals surface area contributed by atoms with Crippen molar-refractivity contribution in [3.63, 3.8) is 0 Å². The minimum atomic E-state index is 0.566. The van der Waals surface area contributed by atoms with Gasteiger partial charge in [-0.15, -0.1) is 11.8 Å². The third-order valence-electron chi connectivity index (χ3n) is 2.98. The normalized spacial score (nSPS) is 17.3. The third-order valence-corrected chi connectivity index (χ3v) is 4.72. The van der Waals surface area contributed by atoms with Gasteiger partial charge in [0, 0.05) is 15.7 Å². The van der Waals surface area contributed by atoms with E-state index in [1.54, 1.807) is 6.07 Å². The van der Waals surface area contributed by atoms with Crippen LogP contribution < -0.4 is 0 Å². The zero-order chi connectivity index (χ0) is 11.4. The van der Waals surface area contributed by atoms with E-state index in [4.69, 9.17) is 11.6 Å². The Morgan fingerprint density at radius 2 is 2.00 bits per heavy atom. The van der Waals surface area contributed by atoms with Gasteiger partial charge in [0.1, 0.15) is 0 Å². The second-order valence-corrected chi connectivity index (χ2v) is 5.90. The second-order valence-electron chi connectivity index (χ2n) is 4.15. The van der Waals surface area contributed by atoms with Crippen LogP contribution in [0.5, 0.6) is 0 Å². The van der Waals surface area contributed by atoms with Crippen molar-refractivity contribution in [3.8, 4) is 0 Å². The summed E-state index contributed by atoms with van der Waals surface area (Å²) in [5.41, 5.74) is 0.653. The molecular weight excluding hydrogens is 240 g/mol. The van der Waals surface area contributed by atoms with E-state index in [9.17, 15) is 4.79 Å². The minimum Gasteiger partial charge on any atom is -0.298 e. The molecule has 1 nitrogen and oxygen atoms in total. The lowest BCUT2D eigenvalue weighted by molar-refractivity contribution is 0.112. The maximum absolute atomic E-state index is 11.0. The van der Waals surface area contributed by atoms with Crippen LogP contribution in [-0.4, -0.2) is 11.5 Å². The predicted octanol–water partition coefficient (Wildman–Crippen LogP) is 4.58. The molecule has 3 heteroatoms. The van der Waals surface area contributed by atoms with Crippen LogP contribution in [0.2, 0.25) is 5.02 Å². The van der Waals surface area contributed by atoms with Gasteiger partial charge in [-0.05, 0) is 25.0 Å². The fourth-order valence-electron chi connectivity index (χ4n) is 2.10. The van der Waals surface area contributed by atoms with Crippen LogP contribution in [0, 0.1) is 0 Å². The van der Waals surface area contributed by atoms with E-state index in [-0.39, 0.29) is 0 Å². The van der Waals surface area contributed by atoms with E-state index in [1.165, 1.54) is 32.1 Å². The molecular formula is C13H15ClOS. The van der Waals surface area contributed by atoms with Crippen molar-refractivity contribution < 1.29 is 4.79 Å². The molecule has 1 aromatic rings. The van der Waals surface area contributed by atoms with Crippen molar-refractivity contribution in [2.24, 2.45) is 0 Å². The van der Waals surface area contributed by atoms with Crippen molar-refractivity contribution in [3.05, 3.63) is 28.8 Å². The minimum absolute atomic E-state index is 0.566. The Balaban J connectivity index is 2.13. The van der Waals surface area contributed by atoms with Gasteiger partial charge in [0.25, 0.3) is 0 Å². The lowest BCUT2D eigenvalue weighted by Crippen LogP contribution is -2.08. The molecule has 0 amide bonds. The summed E-state index contributed by atoms with van der Waals surface area (Å²) >= 11 is 7.82. The highest BCUT2D eigenvalue weighted by Crippen LogP contribution is 2.36. The van der Waals surface area contributed by atoms with Crippen LogP contribution >= 0.6 is 23.4 Å².